The number of hydrogen-bond donors (Lipinski definition) is 1. The standard InChI is InChI=1S/C32H30F6N4O3/c1-30(2,3)45-29(44)42-26-18-40(16-20-4-10-23(11-5-20)31(33,34)35)19-41(17-21-6-12-24(13-7-21)32(36,37)38)28(26)39-27(42)22-8-14-25(43)15-9-22/h4-15,43H,16-19H2,1-3H3. The van der Waals surface area contributed by atoms with Gasteiger partial charge in [0.1, 0.15) is 11.4 Å². The summed E-state index contributed by atoms with van der Waals surface area (Å²) in [5, 5.41) is 9.84. The summed E-state index contributed by atoms with van der Waals surface area (Å²) in [5.74, 6) is 0.626. The molecule has 0 saturated heterocycles. The van der Waals surface area contributed by atoms with Crippen LogP contribution in [0.1, 0.15) is 48.7 Å². The summed E-state index contributed by atoms with van der Waals surface area (Å²) < 4.78 is 86.1. The van der Waals surface area contributed by atoms with Gasteiger partial charge in [0.15, 0.2) is 11.6 Å². The van der Waals surface area contributed by atoms with Crippen LogP contribution in [0.25, 0.3) is 11.4 Å². The molecule has 0 radical (unpaired) electrons. The van der Waals surface area contributed by atoms with Crippen LogP contribution >= 0.6 is 0 Å². The second kappa shape index (κ2) is 11.8. The summed E-state index contributed by atoms with van der Waals surface area (Å²) in [6, 6.07) is 15.5. The third-order valence-corrected chi connectivity index (χ3v) is 7.04. The van der Waals surface area contributed by atoms with Crippen LogP contribution in [-0.4, -0.2) is 37.9 Å². The predicted molar refractivity (Wildman–Crippen MR) is 154 cm³/mol. The van der Waals surface area contributed by atoms with E-state index in [9.17, 15) is 36.2 Å². The number of imidazole rings is 1. The van der Waals surface area contributed by atoms with Gasteiger partial charge in [-0.1, -0.05) is 24.3 Å². The molecule has 1 aromatic heterocycles. The average Bonchev–Trinajstić information content (AvgIpc) is 3.32. The molecule has 45 heavy (non-hydrogen) atoms. The molecule has 4 aromatic rings. The number of hydrogen-bond acceptors (Lipinski definition) is 6. The third kappa shape index (κ3) is 7.42. The van der Waals surface area contributed by atoms with Crippen molar-refractivity contribution in [2.75, 3.05) is 11.6 Å². The highest BCUT2D eigenvalue weighted by molar-refractivity contribution is 5.81. The van der Waals surface area contributed by atoms with Crippen molar-refractivity contribution in [2.45, 2.75) is 58.4 Å². The van der Waals surface area contributed by atoms with Crippen LogP contribution in [0.5, 0.6) is 5.75 Å². The number of benzene rings is 3. The number of phenols is 1. The van der Waals surface area contributed by atoms with Crippen LogP contribution in [-0.2, 0) is 36.7 Å². The number of carbonyl (C=O) groups excluding carboxylic acids is 1. The van der Waals surface area contributed by atoms with E-state index in [4.69, 9.17) is 9.72 Å². The first kappa shape index (κ1) is 31.9. The molecule has 13 heteroatoms. The third-order valence-electron chi connectivity index (χ3n) is 7.04. The summed E-state index contributed by atoms with van der Waals surface area (Å²) in [4.78, 5) is 22.1. The lowest BCUT2D eigenvalue weighted by molar-refractivity contribution is -0.138. The molecule has 0 aliphatic carbocycles. The Morgan fingerprint density at radius 1 is 0.800 bits per heavy atom. The largest absolute Gasteiger partial charge is 0.508 e. The van der Waals surface area contributed by atoms with Gasteiger partial charge in [-0.15, -0.1) is 0 Å². The second-order valence-corrected chi connectivity index (χ2v) is 11.8. The summed E-state index contributed by atoms with van der Waals surface area (Å²) in [5.41, 5.74) is -0.383. The number of aromatic hydroxyl groups is 1. The quantitative estimate of drug-likeness (QED) is 0.225. The van der Waals surface area contributed by atoms with Crippen LogP contribution in [0, 0.1) is 0 Å². The van der Waals surface area contributed by atoms with Crippen molar-refractivity contribution in [3.63, 3.8) is 0 Å². The van der Waals surface area contributed by atoms with Gasteiger partial charge in [0.25, 0.3) is 0 Å². The Morgan fingerprint density at radius 3 is 1.80 bits per heavy atom. The van der Waals surface area contributed by atoms with Crippen LogP contribution in [0.15, 0.2) is 72.8 Å². The smallest absolute Gasteiger partial charge is 0.420 e. The number of rotatable bonds is 5. The number of alkyl halides is 6. The molecule has 3 aromatic carbocycles. The van der Waals surface area contributed by atoms with Crippen molar-refractivity contribution in [2.24, 2.45) is 0 Å². The zero-order valence-corrected chi connectivity index (χ0v) is 24.6. The summed E-state index contributed by atoms with van der Waals surface area (Å²) in [7, 11) is 0. The molecule has 7 nitrogen and oxygen atoms in total. The summed E-state index contributed by atoms with van der Waals surface area (Å²) in [6.07, 6.45) is -9.70. The lowest BCUT2D eigenvalue weighted by atomic mass is 10.1. The molecule has 1 aliphatic heterocycles. The van der Waals surface area contributed by atoms with Gasteiger partial charge in [-0.05, 0) is 80.4 Å². The molecule has 0 amide bonds. The Hall–Kier alpha value is -4.52. The van der Waals surface area contributed by atoms with Crippen LogP contribution in [0.4, 0.5) is 37.0 Å². The topological polar surface area (TPSA) is 70.8 Å². The number of halogens is 6. The fraction of sp³-hybridized carbons (Fsp3) is 0.312. The molecular weight excluding hydrogens is 602 g/mol. The van der Waals surface area contributed by atoms with Gasteiger partial charge in [0.05, 0.1) is 23.5 Å². The molecule has 5 rings (SSSR count). The number of ether oxygens (including phenoxy) is 1. The molecule has 2 heterocycles. The van der Waals surface area contributed by atoms with Gasteiger partial charge in [-0.25, -0.2) is 14.3 Å². The normalized spacial score (nSPS) is 14.4. The maximum Gasteiger partial charge on any atom is 0.420 e. The summed E-state index contributed by atoms with van der Waals surface area (Å²) >= 11 is 0. The minimum absolute atomic E-state index is 0.00512. The molecular formula is C32H30F6N4O3. The van der Waals surface area contributed by atoms with E-state index in [2.05, 4.69) is 0 Å². The van der Waals surface area contributed by atoms with E-state index in [1.54, 1.807) is 37.8 Å². The van der Waals surface area contributed by atoms with Gasteiger partial charge in [0, 0.05) is 25.2 Å². The van der Waals surface area contributed by atoms with Crippen molar-refractivity contribution in [3.05, 3.63) is 101 Å². The number of fused-ring (bicyclic) bond motifs is 1. The number of aromatic nitrogens is 2. The van der Waals surface area contributed by atoms with Gasteiger partial charge < -0.3 is 14.7 Å². The fourth-order valence-electron chi connectivity index (χ4n) is 5.02. The minimum Gasteiger partial charge on any atom is -0.508 e. The Labute approximate surface area is 255 Å². The first-order chi connectivity index (χ1) is 21.0. The Kier molecular flexibility index (Phi) is 8.34. The van der Waals surface area contributed by atoms with E-state index < -0.39 is 35.2 Å². The van der Waals surface area contributed by atoms with Crippen LogP contribution < -0.4 is 4.90 Å². The zero-order chi connectivity index (χ0) is 32.7. The maximum atomic E-state index is 13.6. The molecule has 0 unspecified atom stereocenters. The lowest BCUT2D eigenvalue weighted by Crippen LogP contribution is -2.42. The van der Waals surface area contributed by atoms with E-state index in [1.807, 2.05) is 4.90 Å². The average molecular weight is 633 g/mol. The van der Waals surface area contributed by atoms with Crippen molar-refractivity contribution in [1.29, 1.82) is 0 Å². The SMILES string of the molecule is CC(C)(C)OC(=O)n1c(-c2ccc(O)cc2)nc2c1CN(Cc1ccc(C(F)(F)F)cc1)CN2Cc1ccc(C(F)(F)F)cc1. The minimum atomic E-state index is -4.50. The number of anilines is 1. The predicted octanol–water partition coefficient (Wildman–Crippen LogP) is 8.06. The number of nitrogens with zero attached hydrogens (tertiary/aromatic N) is 4. The molecule has 1 aliphatic rings. The van der Waals surface area contributed by atoms with Crippen molar-refractivity contribution in [3.8, 4) is 17.1 Å². The van der Waals surface area contributed by atoms with Gasteiger partial charge in [-0.3, -0.25) is 4.90 Å². The van der Waals surface area contributed by atoms with Crippen molar-refractivity contribution in [1.82, 2.24) is 14.5 Å². The molecule has 0 saturated carbocycles. The van der Waals surface area contributed by atoms with Crippen molar-refractivity contribution >= 4 is 11.9 Å². The molecule has 0 bridgehead atoms. The van der Waals surface area contributed by atoms with Gasteiger partial charge in [0.2, 0.25) is 0 Å². The van der Waals surface area contributed by atoms with E-state index in [-0.39, 0.29) is 37.9 Å². The van der Waals surface area contributed by atoms with Crippen LogP contribution in [0.3, 0.4) is 0 Å². The van der Waals surface area contributed by atoms with E-state index in [0.717, 1.165) is 24.3 Å². The monoisotopic (exact) mass is 632 g/mol. The van der Waals surface area contributed by atoms with Gasteiger partial charge in [-0.2, -0.15) is 26.3 Å². The highest BCUT2D eigenvalue weighted by atomic mass is 19.4. The van der Waals surface area contributed by atoms with Crippen molar-refractivity contribution < 1.29 is 41.0 Å². The second-order valence-electron chi connectivity index (χ2n) is 11.8. The Balaban J connectivity index is 1.57. The molecule has 0 fully saturated rings. The van der Waals surface area contributed by atoms with E-state index in [1.165, 1.54) is 41.0 Å². The van der Waals surface area contributed by atoms with E-state index >= 15 is 0 Å². The molecule has 1 N–H and O–H groups in total. The first-order valence-electron chi connectivity index (χ1n) is 13.9. The van der Waals surface area contributed by atoms with Crippen LogP contribution in [0.2, 0.25) is 0 Å². The Morgan fingerprint density at radius 2 is 1.31 bits per heavy atom. The van der Waals surface area contributed by atoms with E-state index in [0.29, 0.717) is 28.2 Å². The number of phenolic OH excluding ortho intramolecular Hbond substituents is 1. The lowest BCUT2D eigenvalue weighted by Gasteiger charge is -2.36. The highest BCUT2D eigenvalue weighted by Gasteiger charge is 2.35. The highest BCUT2D eigenvalue weighted by Crippen LogP contribution is 2.36. The molecule has 0 spiro atoms. The molecule has 238 valence electrons. The maximum absolute atomic E-state index is 13.6. The first-order valence-corrected chi connectivity index (χ1v) is 13.9. The Bertz CT molecular complexity index is 1660. The zero-order valence-electron chi connectivity index (χ0n) is 24.6. The van der Waals surface area contributed by atoms with Gasteiger partial charge >= 0.3 is 18.4 Å². The molecule has 0 atom stereocenters. The fourth-order valence-corrected chi connectivity index (χ4v) is 5.02. The number of carbonyl (C=O) groups is 1. The summed E-state index contributed by atoms with van der Waals surface area (Å²) in [6.45, 7) is 5.82.